The van der Waals surface area contributed by atoms with Crippen LogP contribution >= 0.6 is 0 Å². The van der Waals surface area contributed by atoms with Gasteiger partial charge in [0.1, 0.15) is 0 Å². The van der Waals surface area contributed by atoms with Crippen molar-refractivity contribution in [3.05, 3.63) is 144 Å². The fourth-order valence-electron chi connectivity index (χ4n) is 16.9. The fraction of sp³-hybridized carbons (Fsp3) is 0.556. The standard InChI is InChI=1S/C54H62N2O2S2/c57-59-49-32-48-50(60(58)54-40(36-19-11-4-12-20-36)26-28-44-42-24-22-38(34-15-7-2-8-16-34)30-46(42)56(48)52(44)54)31-47(49)55-45-29-37(33-13-5-1-6-14-33)21-23-41(45)43-27-25-39(53(59)51(43)55)35-17-9-3-10-18-35/h1-20,37-54H,21-32H2. The third-order valence-corrected chi connectivity index (χ3v) is 23.5. The molecule has 9 aliphatic rings. The highest BCUT2D eigenvalue weighted by molar-refractivity contribution is 7.87. The Morgan fingerprint density at radius 1 is 0.367 bits per heavy atom. The molecule has 0 radical (unpaired) electrons. The molecule has 20 unspecified atom stereocenters. The Morgan fingerprint density at radius 2 is 0.717 bits per heavy atom. The van der Waals surface area contributed by atoms with Crippen molar-refractivity contribution >= 4 is 21.6 Å². The van der Waals surface area contributed by atoms with Crippen LogP contribution in [-0.2, 0) is 21.6 Å². The molecule has 4 heterocycles. The maximum atomic E-state index is 16.0. The zero-order valence-electron chi connectivity index (χ0n) is 35.0. The van der Waals surface area contributed by atoms with Crippen LogP contribution in [0.4, 0.5) is 0 Å². The summed E-state index contributed by atoms with van der Waals surface area (Å²) in [6.07, 6.45) is 14.3. The van der Waals surface area contributed by atoms with E-state index in [1.165, 1.54) is 73.6 Å². The van der Waals surface area contributed by atoms with Gasteiger partial charge in [0.15, 0.2) is 0 Å². The normalized spacial score (nSPS) is 46.5. The van der Waals surface area contributed by atoms with Gasteiger partial charge in [-0.3, -0.25) is 18.2 Å². The summed E-state index contributed by atoms with van der Waals surface area (Å²) in [5.41, 5.74) is 5.84. The van der Waals surface area contributed by atoms with E-state index in [9.17, 15) is 0 Å². The van der Waals surface area contributed by atoms with Crippen molar-refractivity contribution in [1.29, 1.82) is 0 Å². The third-order valence-electron chi connectivity index (χ3n) is 19.0. The Bertz CT molecular complexity index is 2080. The number of benzene rings is 4. The van der Waals surface area contributed by atoms with E-state index < -0.39 is 21.6 Å². The van der Waals surface area contributed by atoms with Crippen molar-refractivity contribution in [2.45, 2.75) is 158 Å². The molecule has 4 nitrogen and oxygen atoms in total. The van der Waals surface area contributed by atoms with Crippen LogP contribution in [0.3, 0.4) is 0 Å². The highest BCUT2D eigenvalue weighted by Crippen LogP contribution is 2.63. The summed E-state index contributed by atoms with van der Waals surface area (Å²) >= 11 is 0. The van der Waals surface area contributed by atoms with Crippen molar-refractivity contribution in [2.75, 3.05) is 0 Å². The van der Waals surface area contributed by atoms with E-state index in [1.807, 2.05) is 0 Å². The first-order valence-corrected chi connectivity index (χ1v) is 26.7. The van der Waals surface area contributed by atoms with Crippen molar-refractivity contribution in [2.24, 2.45) is 23.7 Å². The topological polar surface area (TPSA) is 40.6 Å². The molecule has 4 aromatic carbocycles. The highest BCUT2D eigenvalue weighted by atomic mass is 32.2. The van der Waals surface area contributed by atoms with E-state index in [4.69, 9.17) is 0 Å². The lowest BCUT2D eigenvalue weighted by Crippen LogP contribution is -2.73. The van der Waals surface area contributed by atoms with Gasteiger partial charge in [0.25, 0.3) is 0 Å². The molecular weight excluding hydrogens is 773 g/mol. The summed E-state index contributed by atoms with van der Waals surface area (Å²) in [5, 5.41) is 0.641. The van der Waals surface area contributed by atoms with Crippen LogP contribution in [0, 0.1) is 23.7 Å². The second-order valence-electron chi connectivity index (χ2n) is 21.0. The van der Waals surface area contributed by atoms with Gasteiger partial charge in [-0.2, -0.15) is 0 Å². The van der Waals surface area contributed by atoms with Crippen LogP contribution in [-0.4, -0.2) is 75.5 Å². The maximum Gasteiger partial charge on any atom is 0.0578 e. The number of hydrogen-bond donors (Lipinski definition) is 0. The number of rotatable bonds is 4. The molecule has 5 saturated carbocycles. The minimum atomic E-state index is -0.953. The zero-order chi connectivity index (χ0) is 39.6. The summed E-state index contributed by atoms with van der Waals surface area (Å²) in [6.45, 7) is 0. The van der Waals surface area contributed by atoms with E-state index in [2.05, 4.69) is 131 Å². The predicted octanol–water partition coefficient (Wildman–Crippen LogP) is 10.2. The van der Waals surface area contributed by atoms with Crippen molar-refractivity contribution in [3.8, 4) is 0 Å². The Hall–Kier alpha value is -2.90. The van der Waals surface area contributed by atoms with Gasteiger partial charge in [-0.1, -0.05) is 121 Å². The molecule has 13 rings (SSSR count). The van der Waals surface area contributed by atoms with Gasteiger partial charge in [-0.25, -0.2) is 0 Å². The van der Waals surface area contributed by atoms with Gasteiger partial charge in [-0.05, 0) is 147 Å². The summed E-state index contributed by atoms with van der Waals surface area (Å²) in [4.78, 5) is 6.18. The Morgan fingerprint density at radius 3 is 1.10 bits per heavy atom. The van der Waals surface area contributed by atoms with E-state index in [0.717, 1.165) is 25.7 Å². The average molecular weight is 835 g/mol. The second kappa shape index (κ2) is 14.8. The van der Waals surface area contributed by atoms with Crippen molar-refractivity contribution < 1.29 is 8.42 Å². The minimum Gasteiger partial charge on any atom is -0.291 e. The molecule has 0 aromatic heterocycles. The molecule has 5 aliphatic carbocycles. The number of nitrogens with zero attached hydrogens (tertiary/aromatic N) is 2. The molecule has 4 aliphatic heterocycles. The summed E-state index contributed by atoms with van der Waals surface area (Å²) in [5.74, 6) is 4.47. The van der Waals surface area contributed by atoms with E-state index in [0.29, 0.717) is 71.5 Å². The Balaban J connectivity index is 0.915. The molecule has 20 atom stereocenters. The van der Waals surface area contributed by atoms with Gasteiger partial charge in [0, 0.05) is 57.9 Å². The predicted molar refractivity (Wildman–Crippen MR) is 244 cm³/mol. The lowest BCUT2D eigenvalue weighted by Gasteiger charge is -2.61. The van der Waals surface area contributed by atoms with Gasteiger partial charge in [-0.15, -0.1) is 0 Å². The lowest BCUT2D eigenvalue weighted by atomic mass is 9.67. The molecule has 4 saturated heterocycles. The third kappa shape index (κ3) is 5.64. The zero-order valence-corrected chi connectivity index (χ0v) is 36.6. The van der Waals surface area contributed by atoms with Crippen LogP contribution in [0.25, 0.3) is 0 Å². The molecule has 312 valence electrons. The highest BCUT2D eigenvalue weighted by Gasteiger charge is 2.69. The average Bonchev–Trinajstić information content (AvgIpc) is 3.83. The summed E-state index contributed by atoms with van der Waals surface area (Å²) in [7, 11) is -1.91. The number of fused-ring (bicyclic) bond motifs is 10. The van der Waals surface area contributed by atoms with Crippen molar-refractivity contribution in [3.63, 3.8) is 0 Å². The molecule has 9 fully saturated rings. The Labute approximate surface area is 363 Å². The van der Waals surface area contributed by atoms with Gasteiger partial charge in [0.2, 0.25) is 0 Å². The van der Waals surface area contributed by atoms with E-state index in [-0.39, 0.29) is 33.1 Å². The molecule has 0 amide bonds. The van der Waals surface area contributed by atoms with E-state index >= 15 is 8.42 Å². The first-order valence-electron chi connectivity index (χ1n) is 24.2. The minimum absolute atomic E-state index is 0.140. The molecule has 4 aromatic rings. The maximum absolute atomic E-state index is 16.0. The summed E-state index contributed by atoms with van der Waals surface area (Å²) in [6, 6.07) is 47.6. The van der Waals surface area contributed by atoms with Crippen molar-refractivity contribution in [1.82, 2.24) is 9.80 Å². The first-order chi connectivity index (χ1) is 29.6. The van der Waals surface area contributed by atoms with Gasteiger partial charge in [0.05, 0.1) is 21.0 Å². The van der Waals surface area contributed by atoms with Gasteiger partial charge >= 0.3 is 0 Å². The molecular formula is C54H62N2O2S2. The molecule has 60 heavy (non-hydrogen) atoms. The Kier molecular flexibility index (Phi) is 9.31. The largest absolute Gasteiger partial charge is 0.291 e. The molecule has 6 heteroatoms. The van der Waals surface area contributed by atoms with Crippen LogP contribution in [0.5, 0.6) is 0 Å². The van der Waals surface area contributed by atoms with Crippen LogP contribution in [0.15, 0.2) is 121 Å². The molecule has 0 N–H and O–H groups in total. The van der Waals surface area contributed by atoms with Crippen LogP contribution in [0.1, 0.15) is 123 Å². The van der Waals surface area contributed by atoms with E-state index in [1.54, 1.807) is 0 Å². The number of hydrogen-bond acceptors (Lipinski definition) is 4. The van der Waals surface area contributed by atoms with Crippen LogP contribution < -0.4 is 0 Å². The fourth-order valence-corrected chi connectivity index (χ4v) is 22.1. The van der Waals surface area contributed by atoms with Gasteiger partial charge < -0.3 is 0 Å². The molecule has 0 spiro atoms. The summed E-state index contributed by atoms with van der Waals surface area (Å²) < 4.78 is 32.0. The molecule has 0 bridgehead atoms. The monoisotopic (exact) mass is 834 g/mol. The first kappa shape index (κ1) is 37.6. The smallest absolute Gasteiger partial charge is 0.0578 e. The second-order valence-corrected chi connectivity index (χ2v) is 24.6. The SMILES string of the molecule is O=S1C2CC3C(CC2N2C4CC(c5ccccc5)CCC4C4CCC(c5ccccc5)C1C42)S(=O)C1C(c2ccccc2)CCC2C4CCC(c5ccccc5)CC4N3C21. The lowest BCUT2D eigenvalue weighted by molar-refractivity contribution is 0.00716. The van der Waals surface area contributed by atoms with Crippen LogP contribution in [0.2, 0.25) is 0 Å². The quantitative estimate of drug-likeness (QED) is 0.205.